The molecule has 58 heavy (non-hydrogen) atoms. The highest BCUT2D eigenvalue weighted by Gasteiger charge is 2.31. The number of pyridine rings is 3. The number of piperidine rings is 1. The summed E-state index contributed by atoms with van der Waals surface area (Å²) in [6.45, 7) is 4.04. The number of rotatable bonds is 6. The number of hydrogen-bond donors (Lipinski definition) is 2. The lowest BCUT2D eigenvalue weighted by atomic mass is 9.90. The summed E-state index contributed by atoms with van der Waals surface area (Å²) in [6.07, 6.45) is 9.07. The van der Waals surface area contributed by atoms with Gasteiger partial charge in [-0.1, -0.05) is 11.8 Å². The van der Waals surface area contributed by atoms with Crippen LogP contribution < -0.4 is 21.1 Å². The number of ether oxygens (including phenoxy) is 1. The molecule has 2 N–H and O–H groups in total. The molecule has 0 radical (unpaired) electrons. The highest BCUT2D eigenvalue weighted by atomic mass is 16.5. The van der Waals surface area contributed by atoms with E-state index < -0.39 is 5.92 Å². The topological polar surface area (TPSA) is 174 Å². The van der Waals surface area contributed by atoms with Crippen LogP contribution in [0.25, 0.3) is 33.3 Å². The number of nitrogens with one attached hydrogen (secondary N) is 2. The third-order valence-corrected chi connectivity index (χ3v) is 11.3. The van der Waals surface area contributed by atoms with Crippen LogP contribution in [0.3, 0.4) is 0 Å². The molecule has 0 aliphatic carbocycles. The predicted molar refractivity (Wildman–Crippen MR) is 216 cm³/mol. The molecule has 1 atom stereocenters. The first kappa shape index (κ1) is 36.9. The molecule has 3 aliphatic heterocycles. The van der Waals surface area contributed by atoms with Crippen LogP contribution in [0.5, 0.6) is 0 Å². The van der Waals surface area contributed by atoms with Gasteiger partial charge in [0, 0.05) is 84.1 Å². The summed E-state index contributed by atoms with van der Waals surface area (Å²) in [5, 5.41) is 6.87. The molecule has 3 amide bonds. The summed E-state index contributed by atoms with van der Waals surface area (Å²) in [5.74, 6) is 6.15. The van der Waals surface area contributed by atoms with Gasteiger partial charge in [-0.3, -0.25) is 29.5 Å². The molecule has 2 saturated heterocycles. The van der Waals surface area contributed by atoms with Crippen molar-refractivity contribution in [3.63, 3.8) is 0 Å². The average molecular weight is 777 g/mol. The van der Waals surface area contributed by atoms with Crippen molar-refractivity contribution in [2.45, 2.75) is 57.3 Å². The zero-order valence-corrected chi connectivity index (χ0v) is 32.1. The number of furan rings is 1. The molecule has 14 nitrogen and oxygen atoms in total. The van der Waals surface area contributed by atoms with E-state index in [-0.39, 0.29) is 47.9 Å². The van der Waals surface area contributed by atoms with Gasteiger partial charge in [0.1, 0.15) is 17.1 Å². The van der Waals surface area contributed by atoms with E-state index in [9.17, 15) is 19.2 Å². The van der Waals surface area contributed by atoms with E-state index in [0.29, 0.717) is 47.7 Å². The van der Waals surface area contributed by atoms with Crippen molar-refractivity contribution < 1.29 is 23.5 Å². The number of fused-ring (bicyclic) bond motifs is 3. The van der Waals surface area contributed by atoms with Crippen molar-refractivity contribution in [1.29, 1.82) is 0 Å². The van der Waals surface area contributed by atoms with Crippen molar-refractivity contribution in [2.75, 3.05) is 31.2 Å². The Hall–Kier alpha value is -6.72. The van der Waals surface area contributed by atoms with E-state index in [1.807, 2.05) is 38.4 Å². The zero-order chi connectivity index (χ0) is 39.9. The van der Waals surface area contributed by atoms with Crippen molar-refractivity contribution in [3.8, 4) is 23.2 Å². The summed E-state index contributed by atoms with van der Waals surface area (Å²) in [4.78, 5) is 71.6. The highest BCUT2D eigenvalue weighted by Crippen LogP contribution is 2.39. The molecule has 292 valence electrons. The molecule has 2 fully saturated rings. The van der Waals surface area contributed by atoms with Crippen LogP contribution >= 0.6 is 0 Å². The number of anilines is 2. The van der Waals surface area contributed by atoms with Crippen LogP contribution in [0.1, 0.15) is 82.5 Å². The summed E-state index contributed by atoms with van der Waals surface area (Å²) in [6, 6.07) is 12.9. The van der Waals surface area contributed by atoms with Crippen LogP contribution in [0.15, 0.2) is 70.3 Å². The van der Waals surface area contributed by atoms with Gasteiger partial charge in [-0.2, -0.15) is 0 Å². The maximum absolute atomic E-state index is 13.0. The second-order valence-electron chi connectivity index (χ2n) is 15.0. The van der Waals surface area contributed by atoms with Gasteiger partial charge >= 0.3 is 0 Å². The summed E-state index contributed by atoms with van der Waals surface area (Å²) in [7, 11) is 1.82. The molecular formula is C44H40N8O6. The van der Waals surface area contributed by atoms with E-state index >= 15 is 0 Å². The fourth-order valence-electron chi connectivity index (χ4n) is 8.14. The van der Waals surface area contributed by atoms with Gasteiger partial charge in [-0.25, -0.2) is 15.0 Å². The number of amides is 3. The first-order chi connectivity index (χ1) is 28.2. The quantitative estimate of drug-likeness (QED) is 0.170. The van der Waals surface area contributed by atoms with Crippen molar-refractivity contribution >= 4 is 51.1 Å². The number of benzene rings is 1. The minimum Gasteiger partial charge on any atom is -0.464 e. The lowest BCUT2D eigenvalue weighted by Crippen LogP contribution is -2.39. The molecule has 9 rings (SSSR count). The Labute approximate surface area is 333 Å². The molecule has 0 bridgehead atoms. The highest BCUT2D eigenvalue weighted by molar-refractivity contribution is 6.03. The summed E-state index contributed by atoms with van der Waals surface area (Å²) in [5.41, 5.74) is 7.17. The summed E-state index contributed by atoms with van der Waals surface area (Å²) < 4.78 is 13.0. The lowest BCUT2D eigenvalue weighted by molar-refractivity contribution is -0.134. The Morgan fingerprint density at radius 3 is 2.66 bits per heavy atom. The first-order valence-electron chi connectivity index (χ1n) is 19.5. The van der Waals surface area contributed by atoms with E-state index in [1.54, 1.807) is 35.2 Å². The molecule has 1 unspecified atom stereocenters. The average Bonchev–Trinajstić information content (AvgIpc) is 3.67. The van der Waals surface area contributed by atoms with Crippen molar-refractivity contribution in [3.05, 3.63) is 105 Å². The molecule has 5 aromatic heterocycles. The molecule has 3 aliphatic rings. The minimum absolute atomic E-state index is 0.0234. The molecule has 0 saturated carbocycles. The maximum Gasteiger partial charge on any atom is 0.270 e. The van der Waals surface area contributed by atoms with Gasteiger partial charge < -0.3 is 23.9 Å². The van der Waals surface area contributed by atoms with Gasteiger partial charge in [0.2, 0.25) is 11.8 Å². The molecule has 14 heteroatoms. The largest absolute Gasteiger partial charge is 0.464 e. The number of imide groups is 1. The fourth-order valence-corrected chi connectivity index (χ4v) is 8.14. The van der Waals surface area contributed by atoms with E-state index in [2.05, 4.69) is 38.4 Å². The third-order valence-electron chi connectivity index (χ3n) is 11.3. The van der Waals surface area contributed by atoms with E-state index in [0.717, 1.165) is 77.0 Å². The van der Waals surface area contributed by atoms with Crippen LogP contribution in [0, 0.1) is 18.8 Å². The monoisotopic (exact) mass is 776 g/mol. The van der Waals surface area contributed by atoms with Gasteiger partial charge in [0.15, 0.2) is 5.82 Å². The van der Waals surface area contributed by atoms with E-state index in [1.165, 1.54) is 0 Å². The number of carbonyl (C=O) groups is 3. The Balaban J connectivity index is 0.900. The number of aromatic nitrogens is 5. The van der Waals surface area contributed by atoms with Gasteiger partial charge in [-0.05, 0) is 81.5 Å². The Morgan fingerprint density at radius 1 is 0.983 bits per heavy atom. The fraction of sp³-hybridized carbons (Fsp3) is 0.318. The third kappa shape index (κ3) is 6.98. The smallest absolute Gasteiger partial charge is 0.270 e. The van der Waals surface area contributed by atoms with Crippen LogP contribution in [-0.4, -0.2) is 68.5 Å². The Bertz CT molecular complexity index is 2760. The summed E-state index contributed by atoms with van der Waals surface area (Å²) >= 11 is 0. The van der Waals surface area contributed by atoms with Crippen molar-refractivity contribution in [2.24, 2.45) is 7.05 Å². The Kier molecular flexibility index (Phi) is 9.74. The lowest BCUT2D eigenvalue weighted by Gasteiger charge is -2.32. The standard InChI is InChI=1S/C44H40N8O6/c1-25-19-31-36(51(2)44(25)56)21-35(27-13-17-57-18-14-27)49-41(31)52-16-4-6-33-37(52)23-47-40(48-33)28-8-10-34(46-22-28)43(55)45-15-3-5-26-7-11-38-30(20-26)32(24-58-38)29-9-12-39(53)50-42(29)54/h7-8,10-11,19-24,27,29H,4,6,9,12-18H2,1-2H3,(H,45,55)(H,50,53,54). The second-order valence-corrected chi connectivity index (χ2v) is 15.0. The normalized spacial score (nSPS) is 17.1. The number of carbonyl (C=O) groups excluding carboxylic acids is 3. The first-order valence-corrected chi connectivity index (χ1v) is 19.5. The molecule has 0 spiro atoms. The molecular weight excluding hydrogens is 737 g/mol. The predicted octanol–water partition coefficient (Wildman–Crippen LogP) is 5.12. The van der Waals surface area contributed by atoms with Crippen LogP contribution in [0.2, 0.25) is 0 Å². The molecule has 8 heterocycles. The minimum atomic E-state index is -0.470. The maximum atomic E-state index is 13.0. The van der Waals surface area contributed by atoms with E-state index in [4.69, 9.17) is 24.1 Å². The number of aryl methyl sites for hydroxylation is 3. The molecule has 6 aromatic rings. The van der Waals surface area contributed by atoms with Crippen molar-refractivity contribution in [1.82, 2.24) is 35.1 Å². The number of nitrogens with zero attached hydrogens (tertiary/aromatic N) is 6. The van der Waals surface area contributed by atoms with Crippen LogP contribution in [-0.2, 0) is 27.8 Å². The molecule has 1 aromatic carbocycles. The zero-order valence-electron chi connectivity index (χ0n) is 32.1. The van der Waals surface area contributed by atoms with Gasteiger partial charge in [-0.15, -0.1) is 0 Å². The van der Waals surface area contributed by atoms with Gasteiger partial charge in [0.25, 0.3) is 11.5 Å². The Morgan fingerprint density at radius 2 is 1.84 bits per heavy atom. The van der Waals surface area contributed by atoms with Crippen LogP contribution in [0.4, 0.5) is 11.5 Å². The number of hydrogen-bond acceptors (Lipinski definition) is 11. The SMILES string of the molecule is Cc1cc2c(N3CCCc4nc(-c5ccc(C(=O)NCC#Cc6ccc7occ(C8CCC(=O)NC8=O)c7c6)nc5)ncc43)nc(C3CCOCC3)cc2n(C)c1=O. The van der Waals surface area contributed by atoms with Gasteiger partial charge in [0.05, 0.1) is 41.8 Å². The second kappa shape index (κ2) is 15.3.